The Balaban J connectivity index is 1.93. The number of amides is 1. The van der Waals surface area contributed by atoms with Crippen LogP contribution in [0.1, 0.15) is 17.7 Å². The van der Waals surface area contributed by atoms with Gasteiger partial charge >= 0.3 is 0 Å². The van der Waals surface area contributed by atoms with Gasteiger partial charge in [0, 0.05) is 22.4 Å². The van der Waals surface area contributed by atoms with E-state index in [1.165, 1.54) is 36.0 Å². The van der Waals surface area contributed by atoms with Crippen molar-refractivity contribution >= 4 is 40.6 Å². The standard InChI is InChI=1S/C16H14ClFN2O3S/c1-10(11-3-2-4-13(7-11)20(22)23)24-9-16(21)19-15-6-5-12(17)8-14(15)18/h2-8,10H,9H2,1H3,(H,19,21)/t10-/m1/s1. The summed E-state index contributed by atoms with van der Waals surface area (Å²) in [5.74, 6) is -0.877. The zero-order valence-corrected chi connectivity index (χ0v) is 14.2. The van der Waals surface area contributed by atoms with E-state index in [1.54, 1.807) is 12.1 Å². The van der Waals surface area contributed by atoms with Crippen molar-refractivity contribution in [3.05, 3.63) is 69.0 Å². The molecule has 0 aliphatic rings. The van der Waals surface area contributed by atoms with E-state index < -0.39 is 10.7 Å². The van der Waals surface area contributed by atoms with Crippen LogP contribution < -0.4 is 5.32 Å². The summed E-state index contributed by atoms with van der Waals surface area (Å²) in [5.41, 5.74) is 0.820. The van der Waals surface area contributed by atoms with Crippen molar-refractivity contribution in [2.75, 3.05) is 11.1 Å². The van der Waals surface area contributed by atoms with Gasteiger partial charge in [-0.25, -0.2) is 4.39 Å². The van der Waals surface area contributed by atoms with Crippen LogP contribution in [0, 0.1) is 15.9 Å². The number of carbonyl (C=O) groups excluding carboxylic acids is 1. The molecule has 0 aliphatic carbocycles. The lowest BCUT2D eigenvalue weighted by atomic mass is 10.1. The first-order valence-corrected chi connectivity index (χ1v) is 8.40. The third kappa shape index (κ3) is 4.94. The van der Waals surface area contributed by atoms with Crippen LogP contribution in [0.2, 0.25) is 5.02 Å². The molecule has 2 aromatic rings. The zero-order chi connectivity index (χ0) is 17.7. The van der Waals surface area contributed by atoms with E-state index in [-0.39, 0.29) is 33.3 Å². The lowest BCUT2D eigenvalue weighted by molar-refractivity contribution is -0.384. The van der Waals surface area contributed by atoms with Crippen LogP contribution in [0.5, 0.6) is 0 Å². The fraction of sp³-hybridized carbons (Fsp3) is 0.188. The number of rotatable bonds is 6. The SMILES string of the molecule is C[C@@H](SCC(=O)Nc1ccc(Cl)cc1F)c1cccc([N+](=O)[O-])c1. The largest absolute Gasteiger partial charge is 0.323 e. The van der Waals surface area contributed by atoms with E-state index in [2.05, 4.69) is 5.32 Å². The van der Waals surface area contributed by atoms with Gasteiger partial charge < -0.3 is 5.32 Å². The Labute approximate surface area is 147 Å². The molecule has 24 heavy (non-hydrogen) atoms. The second kappa shape index (κ2) is 8.12. The van der Waals surface area contributed by atoms with Crippen molar-refractivity contribution < 1.29 is 14.1 Å². The lowest BCUT2D eigenvalue weighted by Crippen LogP contribution is -2.15. The minimum atomic E-state index is -0.604. The summed E-state index contributed by atoms with van der Waals surface area (Å²) in [6, 6.07) is 10.3. The Bertz CT molecular complexity index is 773. The molecule has 2 rings (SSSR count). The van der Waals surface area contributed by atoms with E-state index in [4.69, 9.17) is 11.6 Å². The van der Waals surface area contributed by atoms with Gasteiger partial charge in [0.25, 0.3) is 5.69 Å². The second-order valence-corrected chi connectivity index (χ2v) is 6.74. The summed E-state index contributed by atoms with van der Waals surface area (Å²) in [4.78, 5) is 22.2. The van der Waals surface area contributed by atoms with Crippen LogP contribution in [0.15, 0.2) is 42.5 Å². The molecule has 1 amide bonds. The molecule has 0 aliphatic heterocycles. The first-order valence-electron chi connectivity index (χ1n) is 6.97. The Morgan fingerprint density at radius 1 is 1.38 bits per heavy atom. The van der Waals surface area contributed by atoms with Crippen LogP contribution >= 0.6 is 23.4 Å². The molecule has 0 bridgehead atoms. The van der Waals surface area contributed by atoms with Gasteiger partial charge in [0.15, 0.2) is 0 Å². The van der Waals surface area contributed by atoms with E-state index in [0.717, 1.165) is 11.6 Å². The van der Waals surface area contributed by atoms with Crippen molar-refractivity contribution in [3.63, 3.8) is 0 Å². The number of anilines is 1. The number of nitrogens with zero attached hydrogens (tertiary/aromatic N) is 1. The van der Waals surface area contributed by atoms with Gasteiger partial charge in [0.1, 0.15) is 5.82 Å². The van der Waals surface area contributed by atoms with Crippen LogP contribution in [-0.4, -0.2) is 16.6 Å². The van der Waals surface area contributed by atoms with Gasteiger partial charge in [0.05, 0.1) is 16.4 Å². The van der Waals surface area contributed by atoms with E-state index in [9.17, 15) is 19.3 Å². The maximum atomic E-state index is 13.6. The summed E-state index contributed by atoms with van der Waals surface area (Å²) in [5, 5.41) is 13.4. The molecule has 0 fully saturated rings. The number of nitrogens with one attached hydrogen (secondary N) is 1. The molecule has 0 spiro atoms. The Morgan fingerprint density at radius 2 is 2.12 bits per heavy atom. The Kier molecular flexibility index (Phi) is 6.16. The first-order chi connectivity index (χ1) is 11.4. The summed E-state index contributed by atoms with van der Waals surface area (Å²) in [6.07, 6.45) is 0. The number of carbonyl (C=O) groups is 1. The average Bonchev–Trinajstić information content (AvgIpc) is 2.55. The van der Waals surface area contributed by atoms with Gasteiger partial charge in [-0.2, -0.15) is 0 Å². The molecule has 0 heterocycles. The van der Waals surface area contributed by atoms with E-state index in [0.29, 0.717) is 0 Å². The second-order valence-electron chi connectivity index (χ2n) is 4.98. The molecule has 126 valence electrons. The third-order valence-electron chi connectivity index (χ3n) is 3.22. The smallest absolute Gasteiger partial charge is 0.269 e. The van der Waals surface area contributed by atoms with Crippen molar-refractivity contribution in [1.29, 1.82) is 0 Å². The molecular weight excluding hydrogens is 355 g/mol. The molecule has 1 N–H and O–H groups in total. The normalized spacial score (nSPS) is 11.8. The number of nitro groups is 1. The van der Waals surface area contributed by atoms with Gasteiger partial charge in [-0.05, 0) is 30.7 Å². The number of hydrogen-bond acceptors (Lipinski definition) is 4. The lowest BCUT2D eigenvalue weighted by Gasteiger charge is -2.12. The fourth-order valence-corrected chi connectivity index (χ4v) is 2.94. The highest BCUT2D eigenvalue weighted by molar-refractivity contribution is 8.00. The van der Waals surface area contributed by atoms with Crippen LogP contribution in [0.25, 0.3) is 0 Å². The summed E-state index contributed by atoms with van der Waals surface area (Å²) >= 11 is 6.96. The van der Waals surface area contributed by atoms with Gasteiger partial charge in [-0.15, -0.1) is 11.8 Å². The maximum Gasteiger partial charge on any atom is 0.269 e. The van der Waals surface area contributed by atoms with Crippen molar-refractivity contribution in [2.45, 2.75) is 12.2 Å². The summed E-state index contributed by atoms with van der Waals surface area (Å²) in [6.45, 7) is 1.85. The topological polar surface area (TPSA) is 72.2 Å². The molecule has 8 heteroatoms. The van der Waals surface area contributed by atoms with Crippen LogP contribution in [0.4, 0.5) is 15.8 Å². The number of nitro benzene ring substituents is 1. The highest BCUT2D eigenvalue weighted by Crippen LogP contribution is 2.30. The molecule has 0 radical (unpaired) electrons. The summed E-state index contributed by atoms with van der Waals surface area (Å²) in [7, 11) is 0. The maximum absolute atomic E-state index is 13.6. The minimum Gasteiger partial charge on any atom is -0.323 e. The van der Waals surface area contributed by atoms with E-state index >= 15 is 0 Å². The minimum absolute atomic E-state index is 0.00707. The Morgan fingerprint density at radius 3 is 2.79 bits per heavy atom. The highest BCUT2D eigenvalue weighted by atomic mass is 35.5. The van der Waals surface area contributed by atoms with E-state index in [1.807, 2.05) is 6.92 Å². The van der Waals surface area contributed by atoms with Crippen molar-refractivity contribution in [1.82, 2.24) is 0 Å². The summed E-state index contributed by atoms with van der Waals surface area (Å²) < 4.78 is 13.6. The zero-order valence-electron chi connectivity index (χ0n) is 12.7. The molecule has 0 unspecified atom stereocenters. The molecular formula is C16H14ClFN2O3S. The van der Waals surface area contributed by atoms with Gasteiger partial charge in [-0.3, -0.25) is 14.9 Å². The molecule has 0 saturated carbocycles. The number of halogens is 2. The number of hydrogen-bond donors (Lipinski definition) is 1. The third-order valence-corrected chi connectivity index (χ3v) is 4.66. The van der Waals surface area contributed by atoms with Gasteiger partial charge in [-0.1, -0.05) is 23.7 Å². The number of thioether (sulfide) groups is 1. The quantitative estimate of drug-likeness (QED) is 0.586. The van der Waals surface area contributed by atoms with Crippen molar-refractivity contribution in [2.24, 2.45) is 0 Å². The molecule has 5 nitrogen and oxygen atoms in total. The Hall–Kier alpha value is -2.12. The predicted octanol–water partition coefficient (Wildman–Crippen LogP) is 4.82. The highest BCUT2D eigenvalue weighted by Gasteiger charge is 2.14. The first kappa shape index (κ1) is 18.2. The monoisotopic (exact) mass is 368 g/mol. The van der Waals surface area contributed by atoms with Gasteiger partial charge in [0.2, 0.25) is 5.91 Å². The molecule has 1 atom stereocenters. The molecule has 2 aromatic carbocycles. The molecule has 0 saturated heterocycles. The molecule has 0 aromatic heterocycles. The predicted molar refractivity (Wildman–Crippen MR) is 94.0 cm³/mol. The van der Waals surface area contributed by atoms with Crippen LogP contribution in [-0.2, 0) is 4.79 Å². The average molecular weight is 369 g/mol. The van der Waals surface area contributed by atoms with Crippen molar-refractivity contribution in [3.8, 4) is 0 Å². The number of non-ortho nitro benzene ring substituents is 1. The van der Waals surface area contributed by atoms with Crippen LogP contribution in [0.3, 0.4) is 0 Å². The fourth-order valence-electron chi connectivity index (χ4n) is 1.97. The number of benzene rings is 2.